The number of carbonyl (C=O) groups is 1. The number of sulfone groups is 1. The number of nitrogens with zero attached hydrogens (tertiary/aromatic N) is 1. The van der Waals surface area contributed by atoms with E-state index in [2.05, 4.69) is 22.4 Å². The molecule has 4 rings (SSSR count). The Balaban J connectivity index is 1.36. The summed E-state index contributed by atoms with van der Waals surface area (Å²) >= 11 is 1.32. The molecule has 0 saturated heterocycles. The van der Waals surface area contributed by atoms with Gasteiger partial charge in [-0.3, -0.25) is 4.79 Å². The third-order valence-electron chi connectivity index (χ3n) is 4.67. The first-order chi connectivity index (χ1) is 14.5. The van der Waals surface area contributed by atoms with Crippen molar-refractivity contribution in [2.75, 3.05) is 11.1 Å². The number of fused-ring (bicyclic) bond motifs is 1. The topological polar surface area (TPSA) is 76.1 Å². The van der Waals surface area contributed by atoms with Gasteiger partial charge in [-0.25, -0.2) is 13.4 Å². The maximum absolute atomic E-state index is 12.3. The number of nitrogens with one attached hydrogen (secondary N) is 1. The first-order valence-corrected chi connectivity index (χ1v) is 12.2. The summed E-state index contributed by atoms with van der Waals surface area (Å²) in [5, 5.41) is 7.33. The minimum absolute atomic E-state index is 0.0650. The fraction of sp³-hybridized carbons (Fsp3) is 0.130. The predicted octanol–water partition coefficient (Wildman–Crippen LogP) is 4.91. The van der Waals surface area contributed by atoms with Crippen LogP contribution in [0.25, 0.3) is 22.0 Å². The maximum Gasteiger partial charge on any atom is 0.227 e. The van der Waals surface area contributed by atoms with Crippen LogP contribution in [-0.2, 0) is 20.4 Å². The first kappa shape index (κ1) is 20.3. The molecule has 5 nitrogen and oxygen atoms in total. The molecule has 0 atom stereocenters. The van der Waals surface area contributed by atoms with E-state index in [1.807, 2.05) is 41.8 Å². The summed E-state index contributed by atoms with van der Waals surface area (Å²) in [5.41, 5.74) is 2.46. The maximum atomic E-state index is 12.3. The van der Waals surface area contributed by atoms with E-state index in [1.165, 1.54) is 11.3 Å². The molecule has 4 aromatic rings. The van der Waals surface area contributed by atoms with Crippen LogP contribution in [0.5, 0.6) is 0 Å². The first-order valence-electron chi connectivity index (χ1n) is 9.47. The lowest BCUT2D eigenvalue weighted by Gasteiger charge is -2.05. The van der Waals surface area contributed by atoms with Gasteiger partial charge in [0, 0.05) is 17.4 Å². The van der Waals surface area contributed by atoms with Crippen molar-refractivity contribution in [2.24, 2.45) is 0 Å². The molecule has 0 saturated carbocycles. The number of anilines is 1. The molecular formula is C23H20N2O3S2. The number of hydrogen-bond donors (Lipinski definition) is 1. The molecule has 1 N–H and O–H groups in total. The van der Waals surface area contributed by atoms with Gasteiger partial charge in [-0.05, 0) is 22.4 Å². The molecule has 0 radical (unpaired) electrons. The van der Waals surface area contributed by atoms with Gasteiger partial charge in [0.2, 0.25) is 5.91 Å². The molecular weight excluding hydrogens is 416 g/mol. The van der Waals surface area contributed by atoms with Crippen LogP contribution in [0, 0.1) is 0 Å². The van der Waals surface area contributed by atoms with Crippen LogP contribution in [0.2, 0.25) is 0 Å². The molecule has 0 aliphatic heterocycles. The molecule has 7 heteroatoms. The largest absolute Gasteiger partial charge is 0.302 e. The van der Waals surface area contributed by atoms with E-state index < -0.39 is 9.84 Å². The summed E-state index contributed by atoms with van der Waals surface area (Å²) in [6, 6.07) is 23.2. The fourth-order valence-corrected chi connectivity index (χ4v) is 5.22. The number of aromatic nitrogens is 1. The number of thiazole rings is 1. The Kier molecular flexibility index (Phi) is 5.92. The van der Waals surface area contributed by atoms with Gasteiger partial charge in [0.1, 0.15) is 0 Å². The lowest BCUT2D eigenvalue weighted by Crippen LogP contribution is -2.18. The Bertz CT molecular complexity index is 1280. The third kappa shape index (κ3) is 5.11. The molecule has 3 aromatic carbocycles. The SMILES string of the molecule is O=C(CCS(=O)(=O)Cc1ccccc1)Nc1nc(-c2ccc3ccccc3c2)cs1. The van der Waals surface area contributed by atoms with E-state index >= 15 is 0 Å². The molecule has 152 valence electrons. The van der Waals surface area contributed by atoms with Crippen LogP contribution in [0.15, 0.2) is 78.2 Å². The van der Waals surface area contributed by atoms with E-state index in [0.29, 0.717) is 5.13 Å². The number of amides is 1. The smallest absolute Gasteiger partial charge is 0.227 e. The van der Waals surface area contributed by atoms with Crippen molar-refractivity contribution < 1.29 is 13.2 Å². The molecule has 30 heavy (non-hydrogen) atoms. The van der Waals surface area contributed by atoms with Crippen molar-refractivity contribution in [1.29, 1.82) is 0 Å². The second-order valence-corrected chi connectivity index (χ2v) is 10.0. The van der Waals surface area contributed by atoms with Crippen LogP contribution < -0.4 is 5.32 Å². The highest BCUT2D eigenvalue weighted by atomic mass is 32.2. The average molecular weight is 437 g/mol. The number of benzene rings is 3. The highest BCUT2D eigenvalue weighted by molar-refractivity contribution is 7.90. The van der Waals surface area contributed by atoms with Crippen LogP contribution in [0.3, 0.4) is 0 Å². The summed E-state index contributed by atoms with van der Waals surface area (Å²) in [5.74, 6) is -0.618. The normalized spacial score (nSPS) is 11.5. The summed E-state index contributed by atoms with van der Waals surface area (Å²) in [6.45, 7) is 0. The van der Waals surface area contributed by atoms with Crippen molar-refractivity contribution in [3.8, 4) is 11.3 Å². The predicted molar refractivity (Wildman–Crippen MR) is 122 cm³/mol. The van der Waals surface area contributed by atoms with E-state index in [-0.39, 0.29) is 23.8 Å². The monoisotopic (exact) mass is 436 g/mol. The second kappa shape index (κ2) is 8.77. The Morgan fingerprint density at radius 1 is 0.933 bits per heavy atom. The van der Waals surface area contributed by atoms with Gasteiger partial charge in [-0.1, -0.05) is 66.7 Å². The molecule has 0 bridgehead atoms. The van der Waals surface area contributed by atoms with Crippen LogP contribution in [0.4, 0.5) is 5.13 Å². The molecule has 0 unspecified atom stereocenters. The summed E-state index contributed by atoms with van der Waals surface area (Å²) in [6.07, 6.45) is -0.0972. The number of rotatable bonds is 7. The second-order valence-electron chi connectivity index (χ2n) is 6.98. The molecule has 0 spiro atoms. The van der Waals surface area contributed by atoms with Crippen molar-refractivity contribution in [3.05, 3.63) is 83.7 Å². The Labute approximate surface area is 179 Å². The van der Waals surface area contributed by atoms with Gasteiger partial charge in [-0.15, -0.1) is 11.3 Å². The van der Waals surface area contributed by atoms with Crippen molar-refractivity contribution in [2.45, 2.75) is 12.2 Å². The molecule has 0 aliphatic carbocycles. The molecule has 1 heterocycles. The molecule has 0 fully saturated rings. The van der Waals surface area contributed by atoms with Crippen molar-refractivity contribution in [3.63, 3.8) is 0 Å². The zero-order chi connectivity index (χ0) is 21.0. The van der Waals surface area contributed by atoms with Gasteiger partial charge in [-0.2, -0.15) is 0 Å². The summed E-state index contributed by atoms with van der Waals surface area (Å²) < 4.78 is 24.5. The van der Waals surface area contributed by atoms with Crippen LogP contribution in [0.1, 0.15) is 12.0 Å². The lowest BCUT2D eigenvalue weighted by atomic mass is 10.1. The Hall–Kier alpha value is -3.03. The van der Waals surface area contributed by atoms with Gasteiger partial charge >= 0.3 is 0 Å². The van der Waals surface area contributed by atoms with Gasteiger partial charge in [0.05, 0.1) is 17.2 Å². The van der Waals surface area contributed by atoms with E-state index in [4.69, 9.17) is 0 Å². The minimum atomic E-state index is -3.36. The van der Waals surface area contributed by atoms with Crippen molar-refractivity contribution in [1.82, 2.24) is 4.98 Å². The quantitative estimate of drug-likeness (QED) is 0.447. The standard InChI is InChI=1S/C23H20N2O3S2/c26-22(12-13-30(27,28)16-17-6-2-1-3-7-17)25-23-24-21(15-29-23)20-11-10-18-8-4-5-9-19(18)14-20/h1-11,14-15H,12-13,16H2,(H,24,25,26). The van der Waals surface area contributed by atoms with Gasteiger partial charge in [0.25, 0.3) is 0 Å². The lowest BCUT2D eigenvalue weighted by molar-refractivity contribution is -0.115. The summed E-state index contributed by atoms with van der Waals surface area (Å²) in [7, 11) is -3.36. The highest BCUT2D eigenvalue weighted by Gasteiger charge is 2.15. The number of hydrogen-bond acceptors (Lipinski definition) is 5. The Morgan fingerprint density at radius 2 is 1.67 bits per heavy atom. The van der Waals surface area contributed by atoms with Crippen LogP contribution >= 0.6 is 11.3 Å². The highest BCUT2D eigenvalue weighted by Crippen LogP contribution is 2.27. The van der Waals surface area contributed by atoms with E-state index in [1.54, 1.807) is 24.3 Å². The average Bonchev–Trinajstić information content (AvgIpc) is 3.21. The Morgan fingerprint density at radius 3 is 2.47 bits per heavy atom. The summed E-state index contributed by atoms with van der Waals surface area (Å²) in [4.78, 5) is 16.7. The molecule has 1 amide bonds. The van der Waals surface area contributed by atoms with Gasteiger partial charge in [0.15, 0.2) is 15.0 Å². The van der Waals surface area contributed by atoms with Crippen LogP contribution in [-0.4, -0.2) is 25.1 Å². The van der Waals surface area contributed by atoms with Crippen molar-refractivity contribution >= 4 is 43.0 Å². The minimum Gasteiger partial charge on any atom is -0.302 e. The number of carbonyl (C=O) groups excluding carboxylic acids is 1. The zero-order valence-electron chi connectivity index (χ0n) is 16.1. The molecule has 0 aliphatic rings. The van der Waals surface area contributed by atoms with E-state index in [9.17, 15) is 13.2 Å². The van der Waals surface area contributed by atoms with Gasteiger partial charge < -0.3 is 5.32 Å². The third-order valence-corrected chi connectivity index (χ3v) is 7.02. The van der Waals surface area contributed by atoms with E-state index in [0.717, 1.165) is 27.6 Å². The molecule has 1 aromatic heterocycles. The fourth-order valence-electron chi connectivity index (χ4n) is 3.14. The zero-order valence-corrected chi connectivity index (χ0v) is 17.7.